The summed E-state index contributed by atoms with van der Waals surface area (Å²) in [5.41, 5.74) is 1.56. The van der Waals surface area contributed by atoms with E-state index in [0.717, 1.165) is 11.1 Å². The van der Waals surface area contributed by atoms with Crippen LogP contribution in [0.3, 0.4) is 0 Å². The zero-order valence-electron chi connectivity index (χ0n) is 19.7. The van der Waals surface area contributed by atoms with Crippen LogP contribution in [0.2, 0.25) is 0 Å². The van der Waals surface area contributed by atoms with Gasteiger partial charge >= 0.3 is 0 Å². The Labute approximate surface area is 207 Å². The van der Waals surface area contributed by atoms with E-state index in [9.17, 15) is 23.2 Å². The summed E-state index contributed by atoms with van der Waals surface area (Å²) < 4.78 is 33.3. The molecule has 3 aromatic rings. The Hall–Kier alpha value is -3.85. The van der Waals surface area contributed by atoms with Crippen LogP contribution in [-0.2, 0) is 16.1 Å². The number of pyridine rings is 1. The average molecular weight is 496 g/mol. The third kappa shape index (κ3) is 6.42. The summed E-state index contributed by atoms with van der Waals surface area (Å²) in [6, 6.07) is 14.8. The van der Waals surface area contributed by atoms with Gasteiger partial charge in [0.1, 0.15) is 18.2 Å². The minimum Gasteiger partial charge on any atom is -0.378 e. The van der Waals surface area contributed by atoms with Crippen LogP contribution in [0.5, 0.6) is 0 Å². The van der Waals surface area contributed by atoms with E-state index in [4.69, 9.17) is 4.74 Å². The van der Waals surface area contributed by atoms with Crippen LogP contribution in [0.25, 0.3) is 0 Å². The lowest BCUT2D eigenvalue weighted by molar-refractivity contribution is -0.135. The highest BCUT2D eigenvalue weighted by molar-refractivity contribution is 5.93. The molecule has 1 aromatic heterocycles. The Kier molecular flexibility index (Phi) is 8.22. The molecule has 1 aliphatic rings. The summed E-state index contributed by atoms with van der Waals surface area (Å²) in [4.78, 5) is 39.2. The molecular weight excluding hydrogens is 468 g/mol. The first-order valence-corrected chi connectivity index (χ1v) is 11.8. The van der Waals surface area contributed by atoms with E-state index < -0.39 is 0 Å². The van der Waals surface area contributed by atoms with Crippen LogP contribution in [0, 0.1) is 11.6 Å². The molecule has 1 saturated heterocycles. The fourth-order valence-electron chi connectivity index (χ4n) is 4.20. The van der Waals surface area contributed by atoms with Gasteiger partial charge in [-0.2, -0.15) is 0 Å². The second-order valence-corrected chi connectivity index (χ2v) is 8.58. The Balaban J connectivity index is 1.41. The number of rotatable bonds is 8. The zero-order valence-corrected chi connectivity index (χ0v) is 19.7. The Bertz CT molecular complexity index is 1210. The lowest BCUT2D eigenvalue weighted by Crippen LogP contribution is -2.43. The molecule has 0 bridgehead atoms. The molecule has 188 valence electrons. The smallest absolute Gasteiger partial charge is 0.252 e. The minimum atomic E-state index is -0.389. The third-order valence-corrected chi connectivity index (χ3v) is 6.18. The summed E-state index contributed by atoms with van der Waals surface area (Å²) in [6.45, 7) is 1.98. The number of amides is 2. The summed E-state index contributed by atoms with van der Waals surface area (Å²) in [7, 11) is 0. The maximum Gasteiger partial charge on any atom is 0.252 e. The highest BCUT2D eigenvalue weighted by Gasteiger charge is 2.19. The van der Waals surface area contributed by atoms with Crippen LogP contribution in [0.1, 0.15) is 33.8 Å². The van der Waals surface area contributed by atoms with Crippen molar-refractivity contribution in [1.82, 2.24) is 14.8 Å². The first-order valence-electron chi connectivity index (χ1n) is 11.8. The zero-order chi connectivity index (χ0) is 25.5. The number of carbonyl (C=O) groups excluding carboxylic acids is 2. The highest BCUT2D eigenvalue weighted by atomic mass is 19.1. The van der Waals surface area contributed by atoms with Gasteiger partial charge in [-0.05, 0) is 47.9 Å². The van der Waals surface area contributed by atoms with Crippen LogP contribution in [0.15, 0.2) is 71.7 Å². The van der Waals surface area contributed by atoms with Gasteiger partial charge in [-0.1, -0.05) is 24.3 Å². The minimum absolute atomic E-state index is 0.156. The van der Waals surface area contributed by atoms with Gasteiger partial charge in [0.15, 0.2) is 0 Å². The van der Waals surface area contributed by atoms with E-state index in [1.807, 2.05) is 0 Å². The molecule has 0 aliphatic carbocycles. The molecule has 0 saturated carbocycles. The lowest BCUT2D eigenvalue weighted by Gasteiger charge is -2.27. The Morgan fingerprint density at radius 2 is 1.47 bits per heavy atom. The third-order valence-electron chi connectivity index (χ3n) is 6.18. The second kappa shape index (κ2) is 11.7. The molecule has 0 unspecified atom stereocenters. The SMILES string of the molecule is O=C(NCCC(c1ccc(F)cc1)c1ccc(F)cc1)c1ccc(=O)n(CC(=O)N2CCOCC2)c1. The van der Waals surface area contributed by atoms with Gasteiger partial charge in [-0.15, -0.1) is 0 Å². The van der Waals surface area contributed by atoms with Crippen LogP contribution in [-0.4, -0.2) is 54.1 Å². The quantitative estimate of drug-likeness (QED) is 0.521. The van der Waals surface area contributed by atoms with Crippen molar-refractivity contribution < 1.29 is 23.1 Å². The first-order chi connectivity index (χ1) is 17.4. The fourth-order valence-corrected chi connectivity index (χ4v) is 4.20. The molecular formula is C27H27F2N3O4. The number of ether oxygens (including phenoxy) is 1. The van der Waals surface area contributed by atoms with Crippen molar-refractivity contribution in [2.75, 3.05) is 32.8 Å². The number of hydrogen-bond acceptors (Lipinski definition) is 4. The van der Waals surface area contributed by atoms with Crippen molar-refractivity contribution in [1.29, 1.82) is 0 Å². The number of hydrogen-bond donors (Lipinski definition) is 1. The number of benzene rings is 2. The predicted octanol–water partition coefficient (Wildman–Crippen LogP) is 2.94. The van der Waals surface area contributed by atoms with E-state index in [1.165, 1.54) is 47.2 Å². The summed E-state index contributed by atoms with van der Waals surface area (Å²) in [6.07, 6.45) is 1.87. The molecule has 36 heavy (non-hydrogen) atoms. The number of nitrogens with zero attached hydrogens (tertiary/aromatic N) is 2. The van der Waals surface area contributed by atoms with E-state index in [2.05, 4.69) is 5.32 Å². The van der Waals surface area contributed by atoms with Gasteiger partial charge in [0.25, 0.3) is 11.5 Å². The summed E-state index contributed by atoms with van der Waals surface area (Å²) in [5.74, 6) is -1.50. The normalized spacial score (nSPS) is 13.6. The highest BCUT2D eigenvalue weighted by Crippen LogP contribution is 2.28. The number of halogens is 2. The van der Waals surface area contributed by atoms with Crippen LogP contribution >= 0.6 is 0 Å². The van der Waals surface area contributed by atoms with Gasteiger partial charge in [0, 0.05) is 37.8 Å². The second-order valence-electron chi connectivity index (χ2n) is 8.58. The first kappa shape index (κ1) is 25.2. The van der Waals surface area contributed by atoms with Crippen molar-refractivity contribution >= 4 is 11.8 Å². The van der Waals surface area contributed by atoms with E-state index >= 15 is 0 Å². The van der Waals surface area contributed by atoms with Gasteiger partial charge in [-0.3, -0.25) is 14.4 Å². The average Bonchev–Trinajstić information content (AvgIpc) is 2.89. The van der Waals surface area contributed by atoms with E-state index in [1.54, 1.807) is 29.2 Å². The standard InChI is InChI=1S/C27H27F2N3O4/c28-22-6-1-19(2-7-22)24(20-3-8-23(29)9-4-20)11-12-30-27(35)21-5-10-25(33)32(17-21)18-26(34)31-13-15-36-16-14-31/h1-10,17,24H,11-16,18H2,(H,30,35). The Morgan fingerprint density at radius 1 is 0.889 bits per heavy atom. The van der Waals surface area contributed by atoms with Crippen molar-refractivity contribution in [2.24, 2.45) is 0 Å². The molecule has 2 aromatic carbocycles. The van der Waals surface area contributed by atoms with Gasteiger partial charge in [0.2, 0.25) is 5.91 Å². The fraction of sp³-hybridized carbons (Fsp3) is 0.296. The van der Waals surface area contributed by atoms with Gasteiger partial charge in [-0.25, -0.2) is 8.78 Å². The molecule has 0 atom stereocenters. The molecule has 4 rings (SSSR count). The van der Waals surface area contributed by atoms with E-state index in [-0.39, 0.29) is 53.6 Å². The molecule has 0 spiro atoms. The molecule has 2 amide bonds. The number of nitrogens with one attached hydrogen (secondary N) is 1. The van der Waals surface area contributed by atoms with E-state index in [0.29, 0.717) is 32.7 Å². The predicted molar refractivity (Wildman–Crippen MR) is 130 cm³/mol. The van der Waals surface area contributed by atoms with Gasteiger partial charge in [0.05, 0.1) is 18.8 Å². The van der Waals surface area contributed by atoms with Crippen molar-refractivity contribution in [3.8, 4) is 0 Å². The number of morpholine rings is 1. The molecule has 2 heterocycles. The van der Waals surface area contributed by atoms with Crippen LogP contribution < -0.4 is 10.9 Å². The lowest BCUT2D eigenvalue weighted by atomic mass is 9.88. The van der Waals surface area contributed by atoms with Crippen LogP contribution in [0.4, 0.5) is 8.78 Å². The summed E-state index contributed by atoms with van der Waals surface area (Å²) >= 11 is 0. The number of carbonyl (C=O) groups is 2. The molecule has 9 heteroatoms. The topological polar surface area (TPSA) is 80.6 Å². The van der Waals surface area contributed by atoms with Crippen molar-refractivity contribution in [3.05, 3.63) is 106 Å². The summed E-state index contributed by atoms with van der Waals surface area (Å²) in [5, 5.41) is 2.84. The Morgan fingerprint density at radius 3 is 2.06 bits per heavy atom. The molecule has 1 N–H and O–H groups in total. The molecule has 7 nitrogen and oxygen atoms in total. The maximum atomic E-state index is 13.4. The maximum absolute atomic E-state index is 13.4. The monoisotopic (exact) mass is 495 g/mol. The largest absolute Gasteiger partial charge is 0.378 e. The molecule has 0 radical (unpaired) electrons. The molecule has 1 fully saturated rings. The number of aromatic nitrogens is 1. The molecule has 1 aliphatic heterocycles. The van der Waals surface area contributed by atoms with Crippen molar-refractivity contribution in [3.63, 3.8) is 0 Å². The van der Waals surface area contributed by atoms with Crippen molar-refractivity contribution in [2.45, 2.75) is 18.9 Å². The van der Waals surface area contributed by atoms with Gasteiger partial charge < -0.3 is 19.5 Å².